The van der Waals surface area contributed by atoms with E-state index in [2.05, 4.69) is 256 Å². The molecule has 0 amide bonds. The molecule has 0 N–H and O–H groups in total. The van der Waals surface area contributed by atoms with E-state index < -0.39 is 0 Å². The predicted molar refractivity (Wildman–Crippen MR) is 253 cm³/mol. The summed E-state index contributed by atoms with van der Waals surface area (Å²) >= 11 is 0. The van der Waals surface area contributed by atoms with E-state index in [9.17, 15) is 0 Å². The lowest BCUT2D eigenvalue weighted by Crippen LogP contribution is -2.16. The fourth-order valence-electron chi connectivity index (χ4n) is 5.69. The van der Waals surface area contributed by atoms with Crippen LogP contribution in [0.25, 0.3) is 0 Å². The van der Waals surface area contributed by atoms with Gasteiger partial charge in [-0.1, -0.05) is 245 Å². The number of aromatic nitrogens is 1. The zero-order chi connectivity index (χ0) is 43.9. The van der Waals surface area contributed by atoms with Crippen LogP contribution in [0, 0.1) is 0 Å². The average Bonchev–Trinajstić information content (AvgIpc) is 3.03. The third kappa shape index (κ3) is 17.5. The molecule has 0 aliphatic rings. The van der Waals surface area contributed by atoms with Crippen LogP contribution in [-0.2, 0) is 43.3 Å². The van der Waals surface area contributed by atoms with Gasteiger partial charge in [-0.15, -0.1) is 0 Å². The predicted octanol–water partition coefficient (Wildman–Crippen LogP) is 16.5. The van der Waals surface area contributed by atoms with Crippen molar-refractivity contribution in [3.8, 4) is 0 Å². The summed E-state index contributed by atoms with van der Waals surface area (Å²) in [5.41, 5.74) is 12.8. The number of hydrogen-bond acceptors (Lipinski definition) is 1. The molecule has 0 spiro atoms. The van der Waals surface area contributed by atoms with Crippen LogP contribution >= 0.6 is 0 Å². The molecule has 312 valence electrons. The van der Waals surface area contributed by atoms with Crippen molar-refractivity contribution in [2.24, 2.45) is 0 Å². The Morgan fingerprint density at radius 2 is 0.375 bits per heavy atom. The minimum atomic E-state index is 0.149. The van der Waals surface area contributed by atoms with Crippen LogP contribution in [0.15, 0.2) is 91.1 Å². The van der Waals surface area contributed by atoms with Gasteiger partial charge in [-0.2, -0.15) is 0 Å². The second-order valence-corrected chi connectivity index (χ2v) is 24.2. The lowest BCUT2D eigenvalue weighted by atomic mass is 9.82. The highest BCUT2D eigenvalue weighted by molar-refractivity contribution is 5.33. The highest BCUT2D eigenvalue weighted by Crippen LogP contribution is 2.30. The van der Waals surface area contributed by atoms with E-state index in [4.69, 9.17) is 0 Å². The second-order valence-electron chi connectivity index (χ2n) is 24.2. The van der Waals surface area contributed by atoms with Crippen LogP contribution in [0.2, 0.25) is 0 Å². The molecule has 0 aliphatic carbocycles. The second kappa shape index (κ2) is 18.6. The van der Waals surface area contributed by atoms with E-state index in [1.807, 2.05) is 6.20 Å². The Morgan fingerprint density at radius 3 is 0.482 bits per heavy atom. The molecule has 4 aromatic rings. The summed E-state index contributed by atoms with van der Waals surface area (Å²) in [4.78, 5) is 4.52. The first kappa shape index (κ1) is 50.8. The van der Waals surface area contributed by atoms with Crippen LogP contribution in [0.4, 0.5) is 0 Å². The molecule has 0 saturated heterocycles. The highest BCUT2D eigenvalue weighted by atomic mass is 14.7. The number of rotatable bonds is 0. The van der Waals surface area contributed by atoms with Gasteiger partial charge in [-0.05, 0) is 82.9 Å². The van der Waals surface area contributed by atoms with Crippen molar-refractivity contribution in [2.45, 2.75) is 209 Å². The van der Waals surface area contributed by atoms with Gasteiger partial charge in [0, 0.05) is 17.3 Å². The third-order valence-electron chi connectivity index (χ3n) is 10.2. The van der Waals surface area contributed by atoms with Crippen molar-refractivity contribution < 1.29 is 0 Å². The standard InChI is InChI=1S/3C14H22.C13H21N/c3*1-13(2,3)11-7-9-12(10-8-11)14(4,5)6;1-12(2,3)10-7-8-11(14-9-10)13(4,5)6/h3*7-10H,1-6H3;7-9H,1-6H3. The zero-order valence-electron chi connectivity index (χ0n) is 41.1. The molecule has 1 nitrogen and oxygen atoms in total. The quantitative estimate of drug-likeness (QED) is 0.174. The van der Waals surface area contributed by atoms with Gasteiger partial charge in [-0.25, -0.2) is 0 Å². The number of benzene rings is 3. The van der Waals surface area contributed by atoms with E-state index in [1.54, 1.807) is 0 Å². The molecule has 0 radical (unpaired) electrons. The molecule has 56 heavy (non-hydrogen) atoms. The van der Waals surface area contributed by atoms with Crippen molar-refractivity contribution in [1.29, 1.82) is 0 Å². The summed E-state index contributed by atoms with van der Waals surface area (Å²) < 4.78 is 0. The largest absolute Gasteiger partial charge is 0.260 e. The van der Waals surface area contributed by atoms with Crippen molar-refractivity contribution in [1.82, 2.24) is 4.98 Å². The van der Waals surface area contributed by atoms with Gasteiger partial charge in [0.25, 0.3) is 0 Å². The maximum atomic E-state index is 4.52. The van der Waals surface area contributed by atoms with E-state index >= 15 is 0 Å². The third-order valence-corrected chi connectivity index (χ3v) is 10.2. The maximum Gasteiger partial charge on any atom is 0.0457 e. The van der Waals surface area contributed by atoms with E-state index in [-0.39, 0.29) is 43.3 Å². The Morgan fingerprint density at radius 1 is 0.214 bits per heavy atom. The van der Waals surface area contributed by atoms with Crippen molar-refractivity contribution in [3.05, 3.63) is 136 Å². The minimum Gasteiger partial charge on any atom is -0.260 e. The lowest BCUT2D eigenvalue weighted by Gasteiger charge is -2.23. The summed E-state index contributed by atoms with van der Waals surface area (Å²) in [6, 6.07) is 31.3. The maximum absolute atomic E-state index is 4.52. The molecule has 3 aromatic carbocycles. The Kier molecular flexibility index (Phi) is 16.9. The van der Waals surface area contributed by atoms with Crippen LogP contribution in [0.1, 0.15) is 211 Å². The van der Waals surface area contributed by atoms with Crippen LogP contribution in [0.3, 0.4) is 0 Å². The van der Waals surface area contributed by atoms with Crippen LogP contribution < -0.4 is 0 Å². The Hall–Kier alpha value is -3.19. The van der Waals surface area contributed by atoms with Crippen molar-refractivity contribution in [3.63, 3.8) is 0 Å². The van der Waals surface area contributed by atoms with Gasteiger partial charge in [0.2, 0.25) is 0 Å². The lowest BCUT2D eigenvalue weighted by molar-refractivity contribution is 0.556. The molecule has 0 unspecified atom stereocenters. The number of hydrogen-bond donors (Lipinski definition) is 0. The van der Waals surface area contributed by atoms with Gasteiger partial charge in [0.15, 0.2) is 0 Å². The fourth-order valence-corrected chi connectivity index (χ4v) is 5.69. The molecule has 1 aromatic heterocycles. The van der Waals surface area contributed by atoms with E-state index in [0.717, 1.165) is 5.69 Å². The smallest absolute Gasteiger partial charge is 0.0457 e. The van der Waals surface area contributed by atoms with E-state index in [0.29, 0.717) is 0 Å². The molecule has 0 atom stereocenters. The molecule has 0 bridgehead atoms. The van der Waals surface area contributed by atoms with Gasteiger partial charge in [-0.3, -0.25) is 4.98 Å². The minimum absolute atomic E-state index is 0.149. The fraction of sp³-hybridized carbons (Fsp3) is 0.582. The highest BCUT2D eigenvalue weighted by Gasteiger charge is 2.20. The molecule has 0 aliphatic heterocycles. The summed E-state index contributed by atoms with van der Waals surface area (Å²) in [6.07, 6.45) is 2.00. The van der Waals surface area contributed by atoms with Crippen LogP contribution in [-0.4, -0.2) is 4.98 Å². The number of nitrogens with zero attached hydrogens (tertiary/aromatic N) is 1. The summed E-state index contributed by atoms with van der Waals surface area (Å²) in [5.74, 6) is 0. The molecule has 1 heteroatoms. The molecular weight excluding hydrogens is 675 g/mol. The topological polar surface area (TPSA) is 12.9 Å². The molecule has 0 saturated carbocycles. The van der Waals surface area contributed by atoms with Crippen molar-refractivity contribution in [2.75, 3.05) is 0 Å². The normalized spacial score (nSPS) is 13.0. The molecule has 4 rings (SSSR count). The average molecular weight is 762 g/mol. The van der Waals surface area contributed by atoms with Crippen molar-refractivity contribution >= 4 is 0 Å². The summed E-state index contributed by atoms with van der Waals surface area (Å²) in [6.45, 7) is 53.7. The van der Waals surface area contributed by atoms with E-state index in [1.165, 1.54) is 38.9 Å². The summed E-state index contributed by atoms with van der Waals surface area (Å²) in [5, 5.41) is 0. The Bertz CT molecular complexity index is 1310. The number of pyridine rings is 1. The summed E-state index contributed by atoms with van der Waals surface area (Å²) in [7, 11) is 0. The SMILES string of the molecule is CC(C)(C)c1ccc(C(C)(C)C)cc1.CC(C)(C)c1ccc(C(C)(C)C)cc1.CC(C)(C)c1ccc(C(C)(C)C)cc1.CC(C)(C)c1ccc(C(C)(C)C)nc1. The first-order chi connectivity index (χ1) is 24.8. The zero-order valence-corrected chi connectivity index (χ0v) is 41.1. The first-order valence-corrected chi connectivity index (χ1v) is 21.1. The molecule has 0 fully saturated rings. The molecular formula is C55H87N. The van der Waals surface area contributed by atoms with Gasteiger partial charge < -0.3 is 0 Å². The van der Waals surface area contributed by atoms with Gasteiger partial charge in [0.05, 0.1) is 0 Å². The van der Waals surface area contributed by atoms with Gasteiger partial charge >= 0.3 is 0 Å². The van der Waals surface area contributed by atoms with Gasteiger partial charge in [0.1, 0.15) is 0 Å². The van der Waals surface area contributed by atoms with Crippen LogP contribution in [0.5, 0.6) is 0 Å². The monoisotopic (exact) mass is 762 g/mol. The Labute approximate surface area is 349 Å². The molecule has 1 heterocycles. The first-order valence-electron chi connectivity index (χ1n) is 21.1. The Balaban J connectivity index is 0.000000373.